The summed E-state index contributed by atoms with van der Waals surface area (Å²) < 4.78 is 13.0. The van der Waals surface area contributed by atoms with Crippen molar-refractivity contribution in [2.45, 2.75) is 19.5 Å². The Morgan fingerprint density at radius 3 is 2.88 bits per heavy atom. The van der Waals surface area contributed by atoms with Gasteiger partial charge in [0.15, 0.2) is 11.6 Å². The Hall–Kier alpha value is -1.62. The third-order valence-corrected chi connectivity index (χ3v) is 2.31. The fourth-order valence-corrected chi connectivity index (χ4v) is 1.27. The standard InChI is InChI=1S/C11H15FN2O2/c1-7(11(16)13-2)14-6-8-4-3-5-9(12)10(8)15/h3-5,7,14-15H,6H2,1-2H3,(H,13,16). The zero-order chi connectivity index (χ0) is 12.1. The maximum Gasteiger partial charge on any atom is 0.236 e. The second kappa shape index (κ2) is 5.46. The quantitative estimate of drug-likeness (QED) is 0.710. The molecule has 1 amide bonds. The number of halogens is 1. The molecule has 0 aliphatic carbocycles. The highest BCUT2D eigenvalue weighted by atomic mass is 19.1. The van der Waals surface area contributed by atoms with Gasteiger partial charge in [-0.2, -0.15) is 0 Å². The molecule has 0 heterocycles. The van der Waals surface area contributed by atoms with Crippen LogP contribution in [0, 0.1) is 5.82 Å². The van der Waals surface area contributed by atoms with Gasteiger partial charge in [-0.1, -0.05) is 12.1 Å². The van der Waals surface area contributed by atoms with Gasteiger partial charge < -0.3 is 15.7 Å². The summed E-state index contributed by atoms with van der Waals surface area (Å²) in [5.41, 5.74) is 0.427. The van der Waals surface area contributed by atoms with Crippen molar-refractivity contribution in [3.63, 3.8) is 0 Å². The molecule has 0 aliphatic heterocycles. The van der Waals surface area contributed by atoms with E-state index in [2.05, 4.69) is 10.6 Å². The van der Waals surface area contributed by atoms with Gasteiger partial charge in [0, 0.05) is 19.2 Å². The summed E-state index contributed by atoms with van der Waals surface area (Å²) >= 11 is 0. The molecule has 3 N–H and O–H groups in total. The highest BCUT2D eigenvalue weighted by Gasteiger charge is 2.12. The summed E-state index contributed by atoms with van der Waals surface area (Å²) in [5.74, 6) is -1.19. The summed E-state index contributed by atoms with van der Waals surface area (Å²) in [6.45, 7) is 1.92. The number of hydrogen-bond donors (Lipinski definition) is 3. The minimum Gasteiger partial charge on any atom is -0.505 e. The van der Waals surface area contributed by atoms with Crippen LogP contribution >= 0.6 is 0 Å². The van der Waals surface area contributed by atoms with Crippen LogP contribution in [-0.4, -0.2) is 24.1 Å². The summed E-state index contributed by atoms with van der Waals surface area (Å²) in [7, 11) is 1.54. The van der Waals surface area contributed by atoms with Gasteiger partial charge in [-0.25, -0.2) is 4.39 Å². The molecule has 0 saturated heterocycles. The smallest absolute Gasteiger partial charge is 0.236 e. The Labute approximate surface area is 93.5 Å². The molecule has 0 aromatic heterocycles. The third-order valence-electron chi connectivity index (χ3n) is 2.31. The van der Waals surface area contributed by atoms with E-state index in [1.54, 1.807) is 20.0 Å². The molecule has 1 unspecified atom stereocenters. The molecule has 0 fully saturated rings. The minimum atomic E-state index is -0.660. The molecule has 0 radical (unpaired) electrons. The van der Waals surface area contributed by atoms with Gasteiger partial charge in [0.25, 0.3) is 0 Å². The van der Waals surface area contributed by atoms with E-state index in [1.807, 2.05) is 0 Å². The SMILES string of the molecule is CNC(=O)C(C)NCc1cccc(F)c1O. The number of phenolic OH excluding ortho intramolecular Hbond substituents is 1. The first-order valence-electron chi connectivity index (χ1n) is 4.97. The minimum absolute atomic E-state index is 0.157. The Balaban J connectivity index is 2.61. The largest absolute Gasteiger partial charge is 0.505 e. The Morgan fingerprint density at radius 2 is 2.25 bits per heavy atom. The molecule has 1 atom stereocenters. The Morgan fingerprint density at radius 1 is 1.56 bits per heavy atom. The van der Waals surface area contributed by atoms with Crippen molar-refractivity contribution in [2.75, 3.05) is 7.05 Å². The lowest BCUT2D eigenvalue weighted by atomic mass is 10.2. The van der Waals surface area contributed by atoms with Crippen LogP contribution in [0.1, 0.15) is 12.5 Å². The van der Waals surface area contributed by atoms with E-state index in [4.69, 9.17) is 0 Å². The van der Waals surface area contributed by atoms with Crippen LogP contribution in [0.2, 0.25) is 0 Å². The second-order valence-electron chi connectivity index (χ2n) is 3.46. The Bertz CT molecular complexity index is 382. The second-order valence-corrected chi connectivity index (χ2v) is 3.46. The lowest BCUT2D eigenvalue weighted by Crippen LogP contribution is -2.40. The van der Waals surface area contributed by atoms with Crippen molar-refractivity contribution >= 4 is 5.91 Å². The molecular formula is C11H15FN2O2. The molecule has 1 aromatic carbocycles. The molecule has 1 rings (SSSR count). The number of benzene rings is 1. The van der Waals surface area contributed by atoms with Crippen LogP contribution in [0.3, 0.4) is 0 Å². The molecule has 16 heavy (non-hydrogen) atoms. The highest BCUT2D eigenvalue weighted by Crippen LogP contribution is 2.20. The average Bonchev–Trinajstić information content (AvgIpc) is 2.29. The molecule has 4 nitrogen and oxygen atoms in total. The first-order chi connectivity index (χ1) is 7.56. The zero-order valence-corrected chi connectivity index (χ0v) is 9.25. The first-order valence-corrected chi connectivity index (χ1v) is 4.97. The number of rotatable bonds is 4. The van der Waals surface area contributed by atoms with Crippen LogP contribution in [0.5, 0.6) is 5.75 Å². The zero-order valence-electron chi connectivity index (χ0n) is 9.25. The van der Waals surface area contributed by atoms with Gasteiger partial charge in [-0.05, 0) is 13.0 Å². The summed E-state index contributed by atoms with van der Waals surface area (Å²) in [4.78, 5) is 11.2. The fraction of sp³-hybridized carbons (Fsp3) is 0.364. The van der Waals surface area contributed by atoms with Crippen molar-refractivity contribution in [1.82, 2.24) is 10.6 Å². The number of carbonyl (C=O) groups is 1. The maximum absolute atomic E-state index is 13.0. The predicted octanol–water partition coefficient (Wildman–Crippen LogP) is 0.755. The van der Waals surface area contributed by atoms with E-state index in [-0.39, 0.29) is 18.2 Å². The fourth-order valence-electron chi connectivity index (χ4n) is 1.27. The first kappa shape index (κ1) is 12.4. The third kappa shape index (κ3) is 2.93. The molecule has 0 spiro atoms. The van der Waals surface area contributed by atoms with E-state index in [1.165, 1.54) is 12.1 Å². The summed E-state index contributed by atoms with van der Waals surface area (Å²) in [6, 6.07) is 3.90. The van der Waals surface area contributed by atoms with Gasteiger partial charge >= 0.3 is 0 Å². The number of aromatic hydroxyl groups is 1. The van der Waals surface area contributed by atoms with E-state index < -0.39 is 11.9 Å². The van der Waals surface area contributed by atoms with Crippen molar-refractivity contribution in [1.29, 1.82) is 0 Å². The van der Waals surface area contributed by atoms with Gasteiger partial charge in [0.05, 0.1) is 6.04 Å². The average molecular weight is 226 g/mol. The highest BCUT2D eigenvalue weighted by molar-refractivity contribution is 5.80. The lowest BCUT2D eigenvalue weighted by Gasteiger charge is -2.12. The van der Waals surface area contributed by atoms with Gasteiger partial charge in [-0.3, -0.25) is 4.79 Å². The number of para-hydroxylation sites is 1. The normalized spacial score (nSPS) is 12.2. The van der Waals surface area contributed by atoms with Crippen LogP contribution in [0.25, 0.3) is 0 Å². The lowest BCUT2D eigenvalue weighted by molar-refractivity contribution is -0.122. The maximum atomic E-state index is 13.0. The molecule has 88 valence electrons. The molecule has 5 heteroatoms. The van der Waals surface area contributed by atoms with Crippen LogP contribution in [-0.2, 0) is 11.3 Å². The predicted molar refractivity (Wildman–Crippen MR) is 58.4 cm³/mol. The number of nitrogens with one attached hydrogen (secondary N) is 2. The molecule has 0 bridgehead atoms. The van der Waals surface area contributed by atoms with Crippen LogP contribution in [0.4, 0.5) is 4.39 Å². The molecule has 0 saturated carbocycles. The number of carbonyl (C=O) groups excluding carboxylic acids is 1. The summed E-state index contributed by atoms with van der Waals surface area (Å²) in [5, 5.41) is 14.8. The number of phenols is 1. The van der Waals surface area contributed by atoms with E-state index in [0.29, 0.717) is 5.56 Å². The van der Waals surface area contributed by atoms with E-state index in [0.717, 1.165) is 0 Å². The summed E-state index contributed by atoms with van der Waals surface area (Å²) in [6.07, 6.45) is 0. The van der Waals surface area contributed by atoms with Gasteiger partial charge in [0.1, 0.15) is 0 Å². The van der Waals surface area contributed by atoms with Crippen LogP contribution < -0.4 is 10.6 Å². The van der Waals surface area contributed by atoms with E-state index >= 15 is 0 Å². The number of amides is 1. The molecular weight excluding hydrogens is 211 g/mol. The number of likely N-dealkylation sites (N-methyl/N-ethyl adjacent to an activating group) is 1. The van der Waals surface area contributed by atoms with Crippen molar-refractivity contribution in [3.05, 3.63) is 29.6 Å². The number of hydrogen-bond acceptors (Lipinski definition) is 3. The van der Waals surface area contributed by atoms with Crippen molar-refractivity contribution < 1.29 is 14.3 Å². The Kier molecular flexibility index (Phi) is 4.25. The van der Waals surface area contributed by atoms with Crippen LogP contribution in [0.15, 0.2) is 18.2 Å². The van der Waals surface area contributed by atoms with Crippen molar-refractivity contribution in [2.24, 2.45) is 0 Å². The molecule has 1 aromatic rings. The topological polar surface area (TPSA) is 61.4 Å². The monoisotopic (exact) mass is 226 g/mol. The van der Waals surface area contributed by atoms with E-state index in [9.17, 15) is 14.3 Å². The van der Waals surface area contributed by atoms with Gasteiger partial charge in [-0.15, -0.1) is 0 Å². The molecule has 0 aliphatic rings. The van der Waals surface area contributed by atoms with Gasteiger partial charge in [0.2, 0.25) is 5.91 Å². The van der Waals surface area contributed by atoms with Crippen molar-refractivity contribution in [3.8, 4) is 5.75 Å².